The van der Waals surface area contributed by atoms with Crippen LogP contribution in [0.5, 0.6) is 0 Å². The van der Waals surface area contributed by atoms with Crippen molar-refractivity contribution in [1.29, 1.82) is 0 Å². The lowest BCUT2D eigenvalue weighted by Gasteiger charge is -2.07. The standard InChI is InChI=1S/C9H9NO4/c1-6(11)10-8(9(12)13)5-7-3-2-4-14-7/h2-5H,1H3,(H,10,11)(H,12,13)/p-1. The summed E-state index contributed by atoms with van der Waals surface area (Å²) < 4.78 is 4.88. The fraction of sp³-hybridized carbons (Fsp3) is 0.111. The molecule has 1 heterocycles. The molecule has 1 aromatic heterocycles. The Bertz CT molecular complexity index is 364. The number of carboxylic acid groups (broad SMARTS) is 1. The summed E-state index contributed by atoms with van der Waals surface area (Å²) in [6, 6.07) is 3.16. The van der Waals surface area contributed by atoms with E-state index in [9.17, 15) is 14.7 Å². The van der Waals surface area contributed by atoms with E-state index in [2.05, 4.69) is 5.32 Å². The highest BCUT2D eigenvalue weighted by Crippen LogP contribution is 2.05. The third-order valence-corrected chi connectivity index (χ3v) is 1.36. The van der Waals surface area contributed by atoms with Gasteiger partial charge < -0.3 is 19.6 Å². The Balaban J connectivity index is 2.88. The summed E-state index contributed by atoms with van der Waals surface area (Å²) in [7, 11) is 0. The molecule has 0 aliphatic rings. The van der Waals surface area contributed by atoms with Crippen molar-refractivity contribution < 1.29 is 19.1 Å². The number of carbonyl (C=O) groups excluding carboxylic acids is 2. The Kier molecular flexibility index (Phi) is 3.06. The molecule has 0 radical (unpaired) electrons. The number of rotatable bonds is 3. The summed E-state index contributed by atoms with van der Waals surface area (Å²) >= 11 is 0. The van der Waals surface area contributed by atoms with Gasteiger partial charge in [0.25, 0.3) is 0 Å². The molecule has 0 saturated carbocycles. The van der Waals surface area contributed by atoms with Crippen molar-refractivity contribution in [3.8, 4) is 0 Å². The molecule has 1 N–H and O–H groups in total. The van der Waals surface area contributed by atoms with Crippen molar-refractivity contribution in [3.05, 3.63) is 29.9 Å². The van der Waals surface area contributed by atoms with Crippen LogP contribution in [0.15, 0.2) is 28.5 Å². The maximum atomic E-state index is 10.6. The third-order valence-electron chi connectivity index (χ3n) is 1.36. The monoisotopic (exact) mass is 194 g/mol. The summed E-state index contributed by atoms with van der Waals surface area (Å²) in [5.74, 6) is -1.61. The molecule has 1 amide bonds. The minimum Gasteiger partial charge on any atom is -0.543 e. The van der Waals surface area contributed by atoms with Crippen LogP contribution in [-0.2, 0) is 9.59 Å². The largest absolute Gasteiger partial charge is 0.543 e. The number of aliphatic carboxylic acids is 1. The highest BCUT2D eigenvalue weighted by Gasteiger charge is 2.01. The van der Waals surface area contributed by atoms with Gasteiger partial charge in [-0.25, -0.2) is 0 Å². The van der Waals surface area contributed by atoms with Gasteiger partial charge in [-0.15, -0.1) is 0 Å². The van der Waals surface area contributed by atoms with Crippen molar-refractivity contribution in [2.75, 3.05) is 0 Å². The molecule has 0 bridgehead atoms. The average molecular weight is 194 g/mol. The first-order valence-electron chi connectivity index (χ1n) is 3.83. The van der Waals surface area contributed by atoms with Crippen LogP contribution in [0.3, 0.4) is 0 Å². The molecule has 5 nitrogen and oxygen atoms in total. The first kappa shape index (κ1) is 10.0. The third kappa shape index (κ3) is 2.78. The van der Waals surface area contributed by atoms with Gasteiger partial charge in [0.1, 0.15) is 5.76 Å². The Labute approximate surface area is 80.0 Å². The quantitative estimate of drug-likeness (QED) is 0.658. The second-order valence-electron chi connectivity index (χ2n) is 2.54. The Morgan fingerprint density at radius 1 is 1.57 bits per heavy atom. The van der Waals surface area contributed by atoms with Gasteiger partial charge in [-0.05, 0) is 12.1 Å². The highest BCUT2D eigenvalue weighted by atomic mass is 16.4. The predicted octanol–water partition coefficient (Wildman–Crippen LogP) is -0.494. The topological polar surface area (TPSA) is 82.4 Å². The van der Waals surface area contributed by atoms with Crippen LogP contribution in [0, 0.1) is 0 Å². The Hall–Kier alpha value is -2.04. The molecule has 1 rings (SSSR count). The van der Waals surface area contributed by atoms with Crippen molar-refractivity contribution in [2.24, 2.45) is 0 Å². The summed E-state index contributed by atoms with van der Waals surface area (Å²) in [6.07, 6.45) is 2.57. The van der Waals surface area contributed by atoms with E-state index in [0.717, 1.165) is 0 Å². The number of amides is 1. The van der Waals surface area contributed by atoms with Crippen LogP contribution >= 0.6 is 0 Å². The van der Waals surface area contributed by atoms with Gasteiger partial charge in [-0.3, -0.25) is 4.79 Å². The Morgan fingerprint density at radius 3 is 2.71 bits per heavy atom. The molecule has 5 heteroatoms. The smallest absolute Gasteiger partial charge is 0.221 e. The molecule has 0 spiro atoms. The number of hydrogen-bond acceptors (Lipinski definition) is 4. The van der Waals surface area contributed by atoms with E-state index in [1.807, 2.05) is 0 Å². The van der Waals surface area contributed by atoms with E-state index in [-0.39, 0.29) is 5.70 Å². The fourth-order valence-corrected chi connectivity index (χ4v) is 0.851. The van der Waals surface area contributed by atoms with Crippen molar-refractivity contribution in [2.45, 2.75) is 6.92 Å². The molecular weight excluding hydrogens is 186 g/mol. The highest BCUT2D eigenvalue weighted by molar-refractivity contribution is 5.94. The molecule has 0 unspecified atom stereocenters. The summed E-state index contributed by atoms with van der Waals surface area (Å²) in [4.78, 5) is 21.1. The van der Waals surface area contributed by atoms with Gasteiger partial charge in [0, 0.05) is 13.0 Å². The van der Waals surface area contributed by atoms with Gasteiger partial charge in [0.15, 0.2) is 0 Å². The van der Waals surface area contributed by atoms with Gasteiger partial charge in [-0.2, -0.15) is 0 Å². The fourth-order valence-electron chi connectivity index (χ4n) is 0.851. The average Bonchev–Trinajstić information content (AvgIpc) is 2.54. The molecule has 74 valence electrons. The minimum absolute atomic E-state index is 0.326. The molecule has 0 aliphatic heterocycles. The van der Waals surface area contributed by atoms with E-state index in [1.54, 1.807) is 12.1 Å². The zero-order chi connectivity index (χ0) is 10.6. The minimum atomic E-state index is -1.46. The SMILES string of the molecule is CC(=O)NC(=Cc1ccco1)C(=O)[O-]. The second-order valence-corrected chi connectivity index (χ2v) is 2.54. The maximum absolute atomic E-state index is 10.6. The molecular formula is C9H8NO4-. The van der Waals surface area contributed by atoms with Gasteiger partial charge >= 0.3 is 0 Å². The van der Waals surface area contributed by atoms with Gasteiger partial charge in [-0.1, -0.05) is 0 Å². The van der Waals surface area contributed by atoms with Crippen LogP contribution in [0.1, 0.15) is 12.7 Å². The van der Waals surface area contributed by atoms with E-state index in [1.165, 1.54) is 19.3 Å². The zero-order valence-electron chi connectivity index (χ0n) is 7.44. The normalized spacial score (nSPS) is 11.1. The molecule has 0 aliphatic carbocycles. The Morgan fingerprint density at radius 2 is 2.29 bits per heavy atom. The molecule has 0 atom stereocenters. The van der Waals surface area contributed by atoms with Crippen LogP contribution < -0.4 is 10.4 Å². The number of carboxylic acids is 1. The summed E-state index contributed by atoms with van der Waals surface area (Å²) in [5, 5.41) is 12.6. The van der Waals surface area contributed by atoms with Crippen LogP contribution in [-0.4, -0.2) is 11.9 Å². The van der Waals surface area contributed by atoms with Gasteiger partial charge in [0.05, 0.1) is 17.9 Å². The van der Waals surface area contributed by atoms with E-state index in [0.29, 0.717) is 5.76 Å². The van der Waals surface area contributed by atoms with Crippen molar-refractivity contribution in [1.82, 2.24) is 5.32 Å². The number of hydrogen-bond donors (Lipinski definition) is 1. The molecule has 14 heavy (non-hydrogen) atoms. The number of nitrogens with one attached hydrogen (secondary N) is 1. The number of furan rings is 1. The van der Waals surface area contributed by atoms with Crippen LogP contribution in [0.2, 0.25) is 0 Å². The summed E-state index contributed by atoms with van der Waals surface area (Å²) in [5.41, 5.74) is -0.326. The van der Waals surface area contributed by atoms with Gasteiger partial charge in [0.2, 0.25) is 5.91 Å². The van der Waals surface area contributed by atoms with E-state index >= 15 is 0 Å². The first-order valence-corrected chi connectivity index (χ1v) is 3.83. The number of carbonyl (C=O) groups is 2. The molecule has 0 aromatic carbocycles. The van der Waals surface area contributed by atoms with E-state index < -0.39 is 11.9 Å². The predicted molar refractivity (Wildman–Crippen MR) is 45.5 cm³/mol. The maximum Gasteiger partial charge on any atom is 0.221 e. The van der Waals surface area contributed by atoms with Crippen molar-refractivity contribution in [3.63, 3.8) is 0 Å². The molecule has 0 saturated heterocycles. The zero-order valence-corrected chi connectivity index (χ0v) is 7.44. The molecule has 1 aromatic rings. The summed E-state index contributed by atoms with van der Waals surface area (Å²) in [6.45, 7) is 1.21. The van der Waals surface area contributed by atoms with Crippen molar-refractivity contribution >= 4 is 18.0 Å². The van der Waals surface area contributed by atoms with E-state index in [4.69, 9.17) is 4.42 Å². The lowest BCUT2D eigenvalue weighted by atomic mass is 10.3. The molecule has 0 fully saturated rings. The van der Waals surface area contributed by atoms with Crippen LogP contribution in [0.25, 0.3) is 6.08 Å². The lowest BCUT2D eigenvalue weighted by Crippen LogP contribution is -2.34. The van der Waals surface area contributed by atoms with Crippen LogP contribution in [0.4, 0.5) is 0 Å². The lowest BCUT2D eigenvalue weighted by molar-refractivity contribution is -0.299. The second kappa shape index (κ2) is 4.27. The first-order chi connectivity index (χ1) is 6.59.